The van der Waals surface area contributed by atoms with Crippen molar-refractivity contribution in [2.24, 2.45) is 0 Å². The zero-order chi connectivity index (χ0) is 12.2. The SMILES string of the molecule is CCC(C)(C)NC(=S)Nc1ncccc1C. The minimum Gasteiger partial charge on any atom is -0.358 e. The zero-order valence-electron chi connectivity index (χ0n) is 10.3. The van der Waals surface area contributed by atoms with Gasteiger partial charge >= 0.3 is 0 Å². The molecule has 1 rings (SSSR count). The van der Waals surface area contributed by atoms with Crippen molar-refractivity contribution in [3.63, 3.8) is 0 Å². The molecule has 1 aromatic heterocycles. The van der Waals surface area contributed by atoms with Crippen LogP contribution in [0, 0.1) is 6.92 Å². The molecule has 0 aliphatic carbocycles. The average Bonchev–Trinajstić information content (AvgIpc) is 2.21. The maximum absolute atomic E-state index is 5.25. The quantitative estimate of drug-likeness (QED) is 0.793. The van der Waals surface area contributed by atoms with Gasteiger partial charge in [0.2, 0.25) is 0 Å². The van der Waals surface area contributed by atoms with Gasteiger partial charge in [-0.1, -0.05) is 13.0 Å². The molecular weight excluding hydrogens is 218 g/mol. The van der Waals surface area contributed by atoms with Crippen molar-refractivity contribution in [2.75, 3.05) is 5.32 Å². The maximum atomic E-state index is 5.25. The molecule has 0 aromatic carbocycles. The predicted molar refractivity (Wildman–Crippen MR) is 72.7 cm³/mol. The fourth-order valence-corrected chi connectivity index (χ4v) is 1.52. The maximum Gasteiger partial charge on any atom is 0.172 e. The molecule has 2 N–H and O–H groups in total. The molecule has 88 valence electrons. The molecule has 0 aliphatic heterocycles. The van der Waals surface area contributed by atoms with E-state index in [1.54, 1.807) is 6.20 Å². The van der Waals surface area contributed by atoms with E-state index in [1.807, 2.05) is 19.1 Å². The molecular formula is C12H19N3S. The van der Waals surface area contributed by atoms with E-state index in [1.165, 1.54) is 0 Å². The third kappa shape index (κ3) is 3.77. The largest absolute Gasteiger partial charge is 0.358 e. The molecule has 0 spiro atoms. The Morgan fingerprint density at radius 1 is 1.50 bits per heavy atom. The first-order valence-corrected chi connectivity index (χ1v) is 5.86. The van der Waals surface area contributed by atoms with E-state index < -0.39 is 0 Å². The number of aromatic nitrogens is 1. The molecule has 1 aromatic rings. The molecule has 0 saturated heterocycles. The lowest BCUT2D eigenvalue weighted by Gasteiger charge is -2.26. The molecule has 3 nitrogen and oxygen atoms in total. The number of hydrogen-bond acceptors (Lipinski definition) is 2. The number of rotatable bonds is 3. The summed E-state index contributed by atoms with van der Waals surface area (Å²) >= 11 is 5.25. The van der Waals surface area contributed by atoms with Gasteiger partial charge in [-0.3, -0.25) is 0 Å². The zero-order valence-corrected chi connectivity index (χ0v) is 11.1. The summed E-state index contributed by atoms with van der Waals surface area (Å²) in [6.07, 6.45) is 2.76. The molecule has 0 unspecified atom stereocenters. The first-order chi connectivity index (χ1) is 7.44. The van der Waals surface area contributed by atoms with Crippen LogP contribution in [0.5, 0.6) is 0 Å². The van der Waals surface area contributed by atoms with Crippen LogP contribution in [0.2, 0.25) is 0 Å². The number of nitrogens with one attached hydrogen (secondary N) is 2. The van der Waals surface area contributed by atoms with Crippen LogP contribution in [0.3, 0.4) is 0 Å². The number of thiocarbonyl (C=S) groups is 1. The monoisotopic (exact) mass is 237 g/mol. The number of aryl methyl sites for hydroxylation is 1. The molecule has 16 heavy (non-hydrogen) atoms. The van der Waals surface area contributed by atoms with Gasteiger partial charge < -0.3 is 10.6 Å². The van der Waals surface area contributed by atoms with Gasteiger partial charge in [0.05, 0.1) is 0 Å². The van der Waals surface area contributed by atoms with Crippen LogP contribution in [0.1, 0.15) is 32.8 Å². The smallest absolute Gasteiger partial charge is 0.172 e. The molecule has 4 heteroatoms. The van der Waals surface area contributed by atoms with Gasteiger partial charge in [0.25, 0.3) is 0 Å². The van der Waals surface area contributed by atoms with E-state index in [4.69, 9.17) is 12.2 Å². The number of anilines is 1. The van der Waals surface area contributed by atoms with Gasteiger partial charge in [-0.25, -0.2) is 4.98 Å². The fraction of sp³-hybridized carbons (Fsp3) is 0.500. The van der Waals surface area contributed by atoms with Crippen molar-refractivity contribution >= 4 is 23.1 Å². The highest BCUT2D eigenvalue weighted by Crippen LogP contribution is 2.11. The summed E-state index contributed by atoms with van der Waals surface area (Å²) in [5.74, 6) is 0.812. The minimum atomic E-state index is 0.00671. The summed E-state index contributed by atoms with van der Waals surface area (Å²) in [5, 5.41) is 6.99. The molecule has 0 aliphatic rings. The van der Waals surface area contributed by atoms with Crippen LogP contribution in [0.15, 0.2) is 18.3 Å². The topological polar surface area (TPSA) is 37.0 Å². The molecule has 0 amide bonds. The van der Waals surface area contributed by atoms with Crippen LogP contribution in [0.25, 0.3) is 0 Å². The van der Waals surface area contributed by atoms with E-state index in [0.717, 1.165) is 17.8 Å². The molecule has 0 fully saturated rings. The lowest BCUT2D eigenvalue weighted by molar-refractivity contribution is 0.447. The summed E-state index contributed by atoms with van der Waals surface area (Å²) in [4.78, 5) is 4.24. The molecule has 1 heterocycles. The highest BCUT2D eigenvalue weighted by molar-refractivity contribution is 7.80. The Bertz CT molecular complexity index is 374. The lowest BCUT2D eigenvalue weighted by Crippen LogP contribution is -2.45. The van der Waals surface area contributed by atoms with Crippen molar-refractivity contribution in [1.82, 2.24) is 10.3 Å². The first kappa shape index (κ1) is 12.9. The van der Waals surface area contributed by atoms with Crippen LogP contribution in [-0.2, 0) is 0 Å². The number of pyridine rings is 1. The molecule has 0 radical (unpaired) electrons. The second-order valence-corrected chi connectivity index (χ2v) is 4.89. The second-order valence-electron chi connectivity index (χ2n) is 4.49. The Hall–Kier alpha value is -1.16. The Balaban J connectivity index is 2.62. The van der Waals surface area contributed by atoms with E-state index >= 15 is 0 Å². The van der Waals surface area contributed by atoms with Gasteiger partial charge in [0, 0.05) is 11.7 Å². The van der Waals surface area contributed by atoms with Crippen molar-refractivity contribution in [3.8, 4) is 0 Å². The molecule has 0 saturated carbocycles. The van der Waals surface area contributed by atoms with Gasteiger partial charge in [-0.2, -0.15) is 0 Å². The van der Waals surface area contributed by atoms with Crippen molar-refractivity contribution in [1.29, 1.82) is 0 Å². The summed E-state index contributed by atoms with van der Waals surface area (Å²) in [6, 6.07) is 3.91. The standard InChI is InChI=1S/C12H19N3S/c1-5-12(3,4)15-11(16)14-10-9(2)7-6-8-13-10/h6-8H,5H2,1-4H3,(H2,13,14,15,16). The van der Waals surface area contributed by atoms with E-state index in [2.05, 4.69) is 36.4 Å². The number of nitrogens with zero attached hydrogens (tertiary/aromatic N) is 1. The summed E-state index contributed by atoms with van der Waals surface area (Å²) in [5.41, 5.74) is 1.09. The van der Waals surface area contributed by atoms with Gasteiger partial charge in [-0.05, 0) is 51.0 Å². The summed E-state index contributed by atoms with van der Waals surface area (Å²) < 4.78 is 0. The van der Waals surface area contributed by atoms with Crippen LogP contribution < -0.4 is 10.6 Å². The minimum absolute atomic E-state index is 0.00671. The van der Waals surface area contributed by atoms with Crippen molar-refractivity contribution in [3.05, 3.63) is 23.9 Å². The Morgan fingerprint density at radius 2 is 2.19 bits per heavy atom. The highest BCUT2D eigenvalue weighted by atomic mass is 32.1. The summed E-state index contributed by atoms with van der Waals surface area (Å²) in [6.45, 7) is 8.36. The Labute approximate surface area is 103 Å². The van der Waals surface area contributed by atoms with Gasteiger partial charge in [0.15, 0.2) is 5.11 Å². The third-order valence-corrected chi connectivity index (χ3v) is 2.78. The van der Waals surface area contributed by atoms with Crippen LogP contribution in [-0.4, -0.2) is 15.6 Å². The Morgan fingerprint density at radius 3 is 2.75 bits per heavy atom. The van der Waals surface area contributed by atoms with Crippen molar-refractivity contribution in [2.45, 2.75) is 39.7 Å². The first-order valence-electron chi connectivity index (χ1n) is 5.45. The molecule has 0 atom stereocenters. The number of hydrogen-bond donors (Lipinski definition) is 2. The van der Waals surface area contributed by atoms with Gasteiger partial charge in [0.1, 0.15) is 5.82 Å². The second kappa shape index (κ2) is 5.25. The summed E-state index contributed by atoms with van der Waals surface area (Å²) in [7, 11) is 0. The van der Waals surface area contributed by atoms with Crippen molar-refractivity contribution < 1.29 is 0 Å². The normalized spacial score (nSPS) is 11.0. The fourth-order valence-electron chi connectivity index (χ4n) is 1.15. The average molecular weight is 237 g/mol. The van der Waals surface area contributed by atoms with E-state index in [0.29, 0.717) is 5.11 Å². The Kier molecular flexibility index (Phi) is 4.24. The highest BCUT2D eigenvalue weighted by Gasteiger charge is 2.15. The molecule has 0 bridgehead atoms. The van der Waals surface area contributed by atoms with Crippen LogP contribution in [0.4, 0.5) is 5.82 Å². The van der Waals surface area contributed by atoms with E-state index in [9.17, 15) is 0 Å². The van der Waals surface area contributed by atoms with Gasteiger partial charge in [-0.15, -0.1) is 0 Å². The predicted octanol–water partition coefficient (Wildman–Crippen LogP) is 2.87. The third-order valence-electron chi connectivity index (χ3n) is 2.58. The van der Waals surface area contributed by atoms with Crippen LogP contribution >= 0.6 is 12.2 Å². The lowest BCUT2D eigenvalue weighted by atomic mass is 10.0. The van der Waals surface area contributed by atoms with E-state index in [-0.39, 0.29) is 5.54 Å².